The molecule has 74 valence electrons. The third-order valence-electron chi connectivity index (χ3n) is 2.36. The number of aryl methyl sites for hydroxylation is 2. The lowest BCUT2D eigenvalue weighted by molar-refractivity contribution is 0.680. The summed E-state index contributed by atoms with van der Waals surface area (Å²) in [7, 11) is 1.78. The topological polar surface area (TPSA) is 52.7 Å². The fraction of sp³-hybridized carbons (Fsp3) is 0.444. The summed E-state index contributed by atoms with van der Waals surface area (Å²) < 4.78 is 3.26. The highest BCUT2D eigenvalue weighted by Crippen LogP contribution is 2.05. The van der Waals surface area contributed by atoms with E-state index in [0.29, 0.717) is 17.6 Å². The quantitative estimate of drug-likeness (QED) is 0.659. The van der Waals surface area contributed by atoms with E-state index in [1.165, 1.54) is 0 Å². The van der Waals surface area contributed by atoms with Gasteiger partial charge in [0.15, 0.2) is 5.65 Å². The van der Waals surface area contributed by atoms with Crippen molar-refractivity contribution in [2.75, 3.05) is 0 Å². The molecule has 0 amide bonds. The lowest BCUT2D eigenvalue weighted by Gasteiger charge is -2.05. The molecule has 0 atom stereocenters. The van der Waals surface area contributed by atoms with Crippen molar-refractivity contribution in [3.05, 3.63) is 22.4 Å². The predicted octanol–water partition coefficient (Wildman–Crippen LogP) is 0.458. The van der Waals surface area contributed by atoms with Gasteiger partial charge < -0.3 is 0 Å². The van der Waals surface area contributed by atoms with Crippen LogP contribution >= 0.6 is 0 Å². The summed E-state index contributed by atoms with van der Waals surface area (Å²) in [6.07, 6.45) is 1.57. The second-order valence-corrected chi connectivity index (χ2v) is 3.21. The Morgan fingerprint density at radius 2 is 2.21 bits per heavy atom. The molecule has 0 bridgehead atoms. The first-order valence-corrected chi connectivity index (χ1v) is 4.54. The van der Waals surface area contributed by atoms with Gasteiger partial charge in [0.2, 0.25) is 0 Å². The average molecular weight is 192 g/mol. The van der Waals surface area contributed by atoms with Crippen molar-refractivity contribution in [1.29, 1.82) is 0 Å². The molecule has 2 aromatic heterocycles. The van der Waals surface area contributed by atoms with E-state index in [9.17, 15) is 4.79 Å². The third kappa shape index (κ3) is 1.05. The maximum absolute atomic E-state index is 11.9. The predicted molar refractivity (Wildman–Crippen MR) is 53.2 cm³/mol. The average Bonchev–Trinajstić information content (AvgIpc) is 2.49. The van der Waals surface area contributed by atoms with Crippen LogP contribution in [0.4, 0.5) is 0 Å². The lowest BCUT2D eigenvalue weighted by atomic mass is 10.4. The normalized spacial score (nSPS) is 11.1. The van der Waals surface area contributed by atoms with Crippen molar-refractivity contribution in [3.8, 4) is 0 Å². The molecular weight excluding hydrogens is 180 g/mol. The maximum Gasteiger partial charge on any atom is 0.264 e. The zero-order valence-electron chi connectivity index (χ0n) is 8.48. The van der Waals surface area contributed by atoms with E-state index in [4.69, 9.17) is 0 Å². The van der Waals surface area contributed by atoms with Crippen LogP contribution in [0, 0.1) is 6.92 Å². The van der Waals surface area contributed by atoms with Crippen LogP contribution < -0.4 is 5.56 Å². The van der Waals surface area contributed by atoms with Gasteiger partial charge in [0.1, 0.15) is 11.2 Å². The molecule has 0 radical (unpaired) electrons. The van der Waals surface area contributed by atoms with Crippen molar-refractivity contribution in [1.82, 2.24) is 19.3 Å². The fourth-order valence-electron chi connectivity index (χ4n) is 1.59. The van der Waals surface area contributed by atoms with Crippen LogP contribution in [0.25, 0.3) is 11.0 Å². The Bertz CT molecular complexity index is 537. The van der Waals surface area contributed by atoms with Gasteiger partial charge in [-0.25, -0.2) is 4.98 Å². The number of fused-ring (bicyclic) bond motifs is 1. The summed E-state index contributed by atoms with van der Waals surface area (Å²) in [5.74, 6) is 0.730. The van der Waals surface area contributed by atoms with Gasteiger partial charge >= 0.3 is 0 Å². The minimum Gasteiger partial charge on any atom is -0.296 e. The van der Waals surface area contributed by atoms with Gasteiger partial charge in [0, 0.05) is 13.6 Å². The van der Waals surface area contributed by atoms with Crippen molar-refractivity contribution in [2.45, 2.75) is 20.4 Å². The highest BCUT2D eigenvalue weighted by Gasteiger charge is 2.09. The monoisotopic (exact) mass is 192 g/mol. The van der Waals surface area contributed by atoms with E-state index in [1.807, 2.05) is 13.8 Å². The highest BCUT2D eigenvalue weighted by molar-refractivity contribution is 5.73. The molecule has 0 saturated carbocycles. The number of hydrogen-bond acceptors (Lipinski definition) is 3. The molecular formula is C9H12N4O. The number of hydrogen-bond donors (Lipinski definition) is 0. The first kappa shape index (κ1) is 8.93. The molecule has 0 aliphatic heterocycles. The SMILES string of the molecule is CCn1c(C)nc2c(cnn2C)c1=O. The molecule has 5 heteroatoms. The summed E-state index contributed by atoms with van der Waals surface area (Å²) in [6, 6.07) is 0. The summed E-state index contributed by atoms with van der Waals surface area (Å²) in [6.45, 7) is 4.40. The van der Waals surface area contributed by atoms with Crippen molar-refractivity contribution >= 4 is 11.0 Å². The Labute approximate surface area is 81.0 Å². The molecule has 2 heterocycles. The van der Waals surface area contributed by atoms with Crippen molar-refractivity contribution in [2.24, 2.45) is 7.05 Å². The molecule has 0 fully saturated rings. The Hall–Kier alpha value is -1.65. The second kappa shape index (κ2) is 2.94. The molecule has 5 nitrogen and oxygen atoms in total. The van der Waals surface area contributed by atoms with E-state index in [-0.39, 0.29) is 5.56 Å². The van der Waals surface area contributed by atoms with Gasteiger partial charge in [0.05, 0.1) is 6.20 Å². The molecule has 14 heavy (non-hydrogen) atoms. The van der Waals surface area contributed by atoms with Crippen LogP contribution in [-0.4, -0.2) is 19.3 Å². The molecule has 0 saturated heterocycles. The van der Waals surface area contributed by atoms with Crippen molar-refractivity contribution < 1.29 is 0 Å². The van der Waals surface area contributed by atoms with E-state index in [0.717, 1.165) is 5.82 Å². The van der Waals surface area contributed by atoms with Crippen LogP contribution in [0.2, 0.25) is 0 Å². The summed E-state index contributed by atoms with van der Waals surface area (Å²) >= 11 is 0. The molecule has 0 aliphatic rings. The highest BCUT2D eigenvalue weighted by atomic mass is 16.1. The van der Waals surface area contributed by atoms with E-state index >= 15 is 0 Å². The molecule has 0 spiro atoms. The lowest BCUT2D eigenvalue weighted by Crippen LogP contribution is -2.22. The zero-order valence-corrected chi connectivity index (χ0v) is 8.48. The maximum atomic E-state index is 11.9. The van der Waals surface area contributed by atoms with Crippen molar-refractivity contribution in [3.63, 3.8) is 0 Å². The molecule has 0 aromatic carbocycles. The van der Waals surface area contributed by atoms with Crippen LogP contribution in [0.3, 0.4) is 0 Å². The molecule has 0 aliphatic carbocycles. The number of aromatic nitrogens is 4. The Morgan fingerprint density at radius 1 is 1.50 bits per heavy atom. The minimum atomic E-state index is -0.0110. The van der Waals surface area contributed by atoms with E-state index in [1.54, 1.807) is 22.5 Å². The number of rotatable bonds is 1. The molecule has 0 N–H and O–H groups in total. The van der Waals surface area contributed by atoms with Crippen LogP contribution in [0.5, 0.6) is 0 Å². The van der Waals surface area contributed by atoms with Gasteiger partial charge in [-0.05, 0) is 13.8 Å². The molecule has 2 aromatic rings. The molecule has 0 unspecified atom stereocenters. The first-order chi connectivity index (χ1) is 6.65. The minimum absolute atomic E-state index is 0.0110. The van der Waals surface area contributed by atoms with E-state index < -0.39 is 0 Å². The van der Waals surface area contributed by atoms with Gasteiger partial charge in [-0.15, -0.1) is 0 Å². The Balaban J connectivity index is 2.95. The van der Waals surface area contributed by atoms with Crippen LogP contribution in [-0.2, 0) is 13.6 Å². The smallest absolute Gasteiger partial charge is 0.264 e. The van der Waals surface area contributed by atoms with Crippen LogP contribution in [0.1, 0.15) is 12.7 Å². The third-order valence-corrected chi connectivity index (χ3v) is 2.36. The van der Waals surface area contributed by atoms with Gasteiger partial charge in [0.25, 0.3) is 5.56 Å². The van der Waals surface area contributed by atoms with Gasteiger partial charge in [-0.3, -0.25) is 14.0 Å². The summed E-state index contributed by atoms with van der Waals surface area (Å²) in [5.41, 5.74) is 0.639. The Morgan fingerprint density at radius 3 is 2.86 bits per heavy atom. The molecule has 2 rings (SSSR count). The number of nitrogens with zero attached hydrogens (tertiary/aromatic N) is 4. The second-order valence-electron chi connectivity index (χ2n) is 3.21. The first-order valence-electron chi connectivity index (χ1n) is 4.54. The Kier molecular flexibility index (Phi) is 1.87. The largest absolute Gasteiger partial charge is 0.296 e. The van der Waals surface area contributed by atoms with Gasteiger partial charge in [-0.2, -0.15) is 5.10 Å². The summed E-state index contributed by atoms with van der Waals surface area (Å²) in [5, 5.41) is 4.60. The standard InChI is InChI=1S/C9H12N4O/c1-4-13-6(2)11-8-7(9(13)14)5-10-12(8)3/h5H,4H2,1-3H3. The van der Waals surface area contributed by atoms with Crippen LogP contribution in [0.15, 0.2) is 11.0 Å². The summed E-state index contributed by atoms with van der Waals surface area (Å²) in [4.78, 5) is 16.2. The van der Waals surface area contributed by atoms with Gasteiger partial charge in [-0.1, -0.05) is 0 Å². The van der Waals surface area contributed by atoms with E-state index in [2.05, 4.69) is 10.1 Å². The fourth-order valence-corrected chi connectivity index (χ4v) is 1.59. The zero-order chi connectivity index (χ0) is 10.3.